The summed E-state index contributed by atoms with van der Waals surface area (Å²) in [5.74, 6) is -10.7. The first-order valence-corrected chi connectivity index (χ1v) is 30.0. The zero-order valence-corrected chi connectivity index (χ0v) is 49.1. The molecule has 0 aliphatic heterocycles. The zero-order valence-electron chi connectivity index (χ0n) is 49.1. The molecule has 16 rings (SSSR count). The Balaban J connectivity index is 0.958. The van der Waals surface area contributed by atoms with Gasteiger partial charge in [-0.25, -0.2) is 26.8 Å². The van der Waals surface area contributed by atoms with E-state index in [9.17, 15) is 4.39 Å². The molecule has 0 amide bonds. The fourth-order valence-electron chi connectivity index (χ4n) is 12.7. The van der Waals surface area contributed by atoms with E-state index in [1.54, 1.807) is 0 Å². The second-order valence-electron chi connectivity index (χ2n) is 22.7. The average Bonchev–Trinajstić information content (AvgIpc) is 1.60. The first-order valence-electron chi connectivity index (χ1n) is 30.0. The molecule has 0 bridgehead atoms. The SMILES string of the molecule is [C-]#[N+]c1cc(-n2c3ccc(-c4ccc(-c5ccccc5)nc4)cc3c3cc(-c4ccc(-c5ccccc5)nc4)ccc32)c(-n2c3ccc(-c4ccc(-c5ccccc5)nc4)cc3c3cc(-c4ccc(-c5ccccc5)nc4)ccc32)cc1-c1c(F)c(F)c(F)c(F)c1F. The zero-order chi connectivity index (χ0) is 62.8. The molecule has 0 unspecified atom stereocenters. The highest BCUT2D eigenvalue weighted by atomic mass is 19.2. The number of benzene rings is 10. The summed E-state index contributed by atoms with van der Waals surface area (Å²) in [5.41, 5.74) is 15.0. The van der Waals surface area contributed by atoms with Crippen LogP contribution in [0.25, 0.3) is 160 Å². The topological polar surface area (TPSA) is 65.8 Å². The Morgan fingerprint density at radius 1 is 0.269 bits per heavy atom. The van der Waals surface area contributed by atoms with Crippen molar-refractivity contribution in [3.63, 3.8) is 0 Å². The van der Waals surface area contributed by atoms with Crippen LogP contribution in [0, 0.1) is 35.7 Å². The molecule has 0 spiro atoms. The minimum atomic E-state index is -2.31. The lowest BCUT2D eigenvalue weighted by atomic mass is 9.99. The van der Waals surface area contributed by atoms with Crippen LogP contribution in [0.1, 0.15) is 0 Å². The Kier molecular flexibility index (Phi) is 13.7. The first-order chi connectivity index (χ1) is 45.6. The quantitative estimate of drug-likeness (QED) is 0.0560. The predicted octanol–water partition coefficient (Wildman–Crippen LogP) is 21.7. The van der Waals surface area contributed by atoms with Crippen molar-refractivity contribution in [2.45, 2.75) is 0 Å². The maximum atomic E-state index is 16.5. The Hall–Kier alpha value is -12.5. The van der Waals surface area contributed by atoms with Crippen LogP contribution in [0.4, 0.5) is 27.6 Å². The maximum Gasteiger partial charge on any atom is 0.200 e. The number of nitrogens with zero attached hydrogens (tertiary/aromatic N) is 7. The van der Waals surface area contributed by atoms with Crippen LogP contribution in [0.5, 0.6) is 0 Å². The van der Waals surface area contributed by atoms with Crippen molar-refractivity contribution in [2.24, 2.45) is 0 Å². The number of aromatic nitrogens is 6. The van der Waals surface area contributed by atoms with Gasteiger partial charge in [-0.2, -0.15) is 0 Å². The van der Waals surface area contributed by atoms with Gasteiger partial charge in [0.1, 0.15) is 0 Å². The lowest BCUT2D eigenvalue weighted by molar-refractivity contribution is 0.381. The van der Waals surface area contributed by atoms with Crippen molar-refractivity contribution in [1.29, 1.82) is 0 Å². The van der Waals surface area contributed by atoms with Gasteiger partial charge in [0.25, 0.3) is 0 Å². The standard InChI is InChI=1S/C81H46F5N7/c1-87-69-43-75(93-72-36-28-54(58-24-32-67(90-46-58)50-18-10-4-11-19-50)40-62(72)63-41-55(29-37-73(63)93)59-25-33-68(91-47-59)51-20-12-5-13-21-51)74(42-64(69)76-77(82)79(84)81(86)80(85)78(76)83)92-70-34-26-52(56-22-30-65(88-44-56)48-14-6-2-7-15-48)38-60(70)61-39-53(27-35-71(61)92)57-23-31-66(89-45-57)49-16-8-3-9-17-49/h2-47H. The minimum Gasteiger partial charge on any atom is -0.308 e. The van der Waals surface area contributed by atoms with Crippen LogP contribution in [0.3, 0.4) is 0 Å². The minimum absolute atomic E-state index is 0.262. The van der Waals surface area contributed by atoms with E-state index in [0.29, 0.717) is 27.8 Å². The monoisotopic (exact) mass is 1210 g/mol. The molecule has 0 saturated heterocycles. The van der Waals surface area contributed by atoms with Crippen LogP contribution in [0.15, 0.2) is 280 Å². The summed E-state index contributed by atoms with van der Waals surface area (Å²) < 4.78 is 83.2. The normalized spacial score (nSPS) is 11.5. The third-order valence-electron chi connectivity index (χ3n) is 17.4. The summed E-state index contributed by atoms with van der Waals surface area (Å²) >= 11 is 0. The van der Waals surface area contributed by atoms with Crippen molar-refractivity contribution < 1.29 is 22.0 Å². The van der Waals surface area contributed by atoms with Crippen molar-refractivity contribution in [3.05, 3.63) is 320 Å². The number of fused-ring (bicyclic) bond motifs is 6. The number of hydrogen-bond donors (Lipinski definition) is 0. The fourth-order valence-corrected chi connectivity index (χ4v) is 12.7. The summed E-state index contributed by atoms with van der Waals surface area (Å²) in [6.07, 6.45) is 7.35. The molecule has 10 aromatic carbocycles. The molecule has 7 nitrogen and oxygen atoms in total. The van der Waals surface area contributed by atoms with Gasteiger partial charge in [-0.1, -0.05) is 170 Å². The third kappa shape index (κ3) is 9.74. The number of rotatable bonds is 11. The van der Waals surface area contributed by atoms with Crippen molar-refractivity contribution in [1.82, 2.24) is 29.1 Å². The van der Waals surface area contributed by atoms with Crippen LogP contribution < -0.4 is 0 Å². The van der Waals surface area contributed by atoms with Gasteiger partial charge in [-0.3, -0.25) is 19.9 Å². The van der Waals surface area contributed by atoms with E-state index in [0.717, 1.165) is 111 Å². The highest BCUT2D eigenvalue weighted by Gasteiger charge is 2.31. The van der Waals surface area contributed by atoms with Crippen molar-refractivity contribution >= 4 is 49.3 Å². The molecule has 6 heterocycles. The number of pyridine rings is 4. The molecule has 93 heavy (non-hydrogen) atoms. The molecule has 440 valence electrons. The van der Waals surface area contributed by atoms with Crippen molar-refractivity contribution in [3.8, 4) is 112 Å². The first kappa shape index (κ1) is 55.8. The Morgan fingerprint density at radius 2 is 0.538 bits per heavy atom. The lowest BCUT2D eigenvalue weighted by Crippen LogP contribution is -2.07. The highest BCUT2D eigenvalue weighted by molar-refractivity contribution is 6.14. The summed E-state index contributed by atoms with van der Waals surface area (Å²) in [7, 11) is 0. The molecule has 0 N–H and O–H groups in total. The van der Waals surface area contributed by atoms with Gasteiger partial charge in [-0.15, -0.1) is 0 Å². The molecule has 0 aliphatic carbocycles. The Bertz CT molecular complexity index is 5330. The largest absolute Gasteiger partial charge is 0.308 e. The molecule has 6 aromatic heterocycles. The van der Waals surface area contributed by atoms with Crippen LogP contribution in [0.2, 0.25) is 0 Å². The second-order valence-corrected chi connectivity index (χ2v) is 22.7. The van der Waals surface area contributed by atoms with Crippen LogP contribution in [-0.4, -0.2) is 29.1 Å². The lowest BCUT2D eigenvalue weighted by Gasteiger charge is -2.20. The summed E-state index contributed by atoms with van der Waals surface area (Å²) in [4.78, 5) is 23.3. The summed E-state index contributed by atoms with van der Waals surface area (Å²) in [6, 6.07) is 82.6. The molecule has 0 atom stereocenters. The van der Waals surface area contributed by atoms with E-state index in [1.165, 1.54) is 12.1 Å². The van der Waals surface area contributed by atoms with Gasteiger partial charge < -0.3 is 9.13 Å². The van der Waals surface area contributed by atoms with E-state index in [2.05, 4.69) is 29.1 Å². The predicted molar refractivity (Wildman–Crippen MR) is 361 cm³/mol. The van der Waals surface area contributed by atoms with Gasteiger partial charge in [0, 0.05) is 96.4 Å². The molecule has 0 aliphatic rings. The van der Waals surface area contributed by atoms with Crippen LogP contribution in [-0.2, 0) is 0 Å². The second kappa shape index (κ2) is 22.8. The fraction of sp³-hybridized carbons (Fsp3) is 0. The molecule has 0 saturated carbocycles. The molecular weight excluding hydrogens is 1170 g/mol. The molecular formula is C81H46F5N7. The van der Waals surface area contributed by atoms with E-state index < -0.39 is 40.2 Å². The van der Waals surface area contributed by atoms with E-state index in [1.807, 2.05) is 252 Å². The van der Waals surface area contributed by atoms with E-state index in [-0.39, 0.29) is 11.4 Å². The number of hydrogen-bond acceptors (Lipinski definition) is 4. The Labute approximate surface area is 529 Å². The maximum absolute atomic E-state index is 16.5. The van der Waals surface area contributed by atoms with Gasteiger partial charge in [0.2, 0.25) is 5.82 Å². The van der Waals surface area contributed by atoms with E-state index in [4.69, 9.17) is 26.5 Å². The number of halogens is 5. The van der Waals surface area contributed by atoms with Gasteiger partial charge in [-0.05, 0) is 113 Å². The summed E-state index contributed by atoms with van der Waals surface area (Å²) in [6.45, 7) is 8.68. The molecule has 12 heteroatoms. The molecule has 0 radical (unpaired) electrons. The van der Waals surface area contributed by atoms with Gasteiger partial charge in [0.15, 0.2) is 29.0 Å². The van der Waals surface area contributed by atoms with E-state index >= 15 is 17.6 Å². The molecule has 0 fully saturated rings. The smallest absolute Gasteiger partial charge is 0.200 e. The highest BCUT2D eigenvalue weighted by Crippen LogP contribution is 2.47. The third-order valence-corrected chi connectivity index (χ3v) is 17.4. The van der Waals surface area contributed by atoms with Gasteiger partial charge in [0.05, 0.1) is 62.8 Å². The van der Waals surface area contributed by atoms with Crippen LogP contribution >= 0.6 is 0 Å². The average molecular weight is 1210 g/mol. The van der Waals surface area contributed by atoms with Gasteiger partial charge >= 0.3 is 0 Å². The summed E-state index contributed by atoms with van der Waals surface area (Å²) in [5, 5.41) is 3.14. The Morgan fingerprint density at radius 3 is 0.806 bits per heavy atom. The van der Waals surface area contributed by atoms with Crippen molar-refractivity contribution in [2.75, 3.05) is 0 Å². The molecule has 16 aromatic rings.